The zero-order valence-corrected chi connectivity index (χ0v) is 19.2. The number of hydrogen-bond acceptors (Lipinski definition) is 5. The number of rotatable bonds is 10. The second-order valence-electron chi connectivity index (χ2n) is 7.51. The van der Waals surface area contributed by atoms with Crippen LogP contribution >= 0.6 is 0 Å². The first-order valence-electron chi connectivity index (χ1n) is 10.8. The van der Waals surface area contributed by atoms with Crippen LogP contribution < -0.4 is 20.9 Å². The normalized spacial score (nSPS) is 10.3. The van der Waals surface area contributed by atoms with E-state index in [-0.39, 0.29) is 24.3 Å². The van der Waals surface area contributed by atoms with Gasteiger partial charge in [0.1, 0.15) is 0 Å². The summed E-state index contributed by atoms with van der Waals surface area (Å²) in [6.07, 6.45) is 0. The SMILES string of the molecule is COCCNC(=O)c1cccc(NCC(=O)Nc2cccc(C(=O)N(C)c3ccccc3)c2)c1. The van der Waals surface area contributed by atoms with Gasteiger partial charge in [-0.1, -0.05) is 30.3 Å². The van der Waals surface area contributed by atoms with Crippen molar-refractivity contribution in [2.24, 2.45) is 0 Å². The van der Waals surface area contributed by atoms with Crippen molar-refractivity contribution in [2.45, 2.75) is 0 Å². The van der Waals surface area contributed by atoms with Crippen LogP contribution in [0.2, 0.25) is 0 Å². The molecule has 3 rings (SSSR count). The minimum Gasteiger partial charge on any atom is -0.383 e. The van der Waals surface area contributed by atoms with Crippen LogP contribution in [0, 0.1) is 0 Å². The molecule has 0 atom stereocenters. The molecule has 8 nitrogen and oxygen atoms in total. The van der Waals surface area contributed by atoms with Gasteiger partial charge in [0.05, 0.1) is 13.2 Å². The van der Waals surface area contributed by atoms with Crippen LogP contribution in [-0.4, -0.2) is 51.6 Å². The van der Waals surface area contributed by atoms with Crippen molar-refractivity contribution in [2.75, 3.05) is 49.4 Å². The number of anilines is 3. The minimum atomic E-state index is -0.282. The van der Waals surface area contributed by atoms with Crippen molar-refractivity contribution in [3.05, 3.63) is 90.0 Å². The van der Waals surface area contributed by atoms with E-state index in [4.69, 9.17) is 4.74 Å². The largest absolute Gasteiger partial charge is 0.383 e. The Morgan fingerprint density at radius 2 is 1.53 bits per heavy atom. The molecule has 34 heavy (non-hydrogen) atoms. The van der Waals surface area contributed by atoms with E-state index in [2.05, 4.69) is 16.0 Å². The van der Waals surface area contributed by atoms with Gasteiger partial charge in [0.15, 0.2) is 0 Å². The van der Waals surface area contributed by atoms with Crippen molar-refractivity contribution < 1.29 is 19.1 Å². The van der Waals surface area contributed by atoms with Gasteiger partial charge in [-0.05, 0) is 48.5 Å². The molecule has 0 saturated carbocycles. The highest BCUT2D eigenvalue weighted by molar-refractivity contribution is 6.06. The van der Waals surface area contributed by atoms with Gasteiger partial charge in [-0.15, -0.1) is 0 Å². The lowest BCUT2D eigenvalue weighted by Crippen LogP contribution is -2.27. The molecule has 0 spiro atoms. The monoisotopic (exact) mass is 460 g/mol. The van der Waals surface area contributed by atoms with Gasteiger partial charge in [0.25, 0.3) is 11.8 Å². The van der Waals surface area contributed by atoms with Gasteiger partial charge in [-0.2, -0.15) is 0 Å². The van der Waals surface area contributed by atoms with E-state index in [9.17, 15) is 14.4 Å². The molecule has 0 fully saturated rings. The smallest absolute Gasteiger partial charge is 0.258 e. The molecule has 0 saturated heterocycles. The van der Waals surface area contributed by atoms with E-state index >= 15 is 0 Å². The number of para-hydroxylation sites is 1. The molecule has 176 valence electrons. The molecule has 3 aromatic carbocycles. The summed E-state index contributed by atoms with van der Waals surface area (Å²) in [7, 11) is 3.28. The molecule has 0 aliphatic carbocycles. The van der Waals surface area contributed by atoms with E-state index in [1.807, 2.05) is 30.3 Å². The summed E-state index contributed by atoms with van der Waals surface area (Å²) in [5.74, 6) is -0.677. The lowest BCUT2D eigenvalue weighted by molar-refractivity contribution is -0.114. The van der Waals surface area contributed by atoms with E-state index in [1.54, 1.807) is 67.6 Å². The van der Waals surface area contributed by atoms with Crippen molar-refractivity contribution in [1.82, 2.24) is 5.32 Å². The number of benzene rings is 3. The molecular formula is C26H28N4O4. The van der Waals surface area contributed by atoms with Crippen LogP contribution in [0.3, 0.4) is 0 Å². The molecule has 0 aliphatic rings. The zero-order valence-electron chi connectivity index (χ0n) is 19.2. The summed E-state index contributed by atoms with van der Waals surface area (Å²) >= 11 is 0. The maximum Gasteiger partial charge on any atom is 0.258 e. The first-order valence-corrected chi connectivity index (χ1v) is 10.8. The number of nitrogens with one attached hydrogen (secondary N) is 3. The molecular weight excluding hydrogens is 432 g/mol. The Kier molecular flexibility index (Phi) is 8.76. The molecule has 0 heterocycles. The van der Waals surface area contributed by atoms with Gasteiger partial charge >= 0.3 is 0 Å². The van der Waals surface area contributed by atoms with E-state index in [0.29, 0.717) is 35.7 Å². The summed E-state index contributed by atoms with van der Waals surface area (Å²) in [6.45, 7) is 0.841. The lowest BCUT2D eigenvalue weighted by Gasteiger charge is -2.17. The maximum absolute atomic E-state index is 12.8. The van der Waals surface area contributed by atoms with Gasteiger partial charge < -0.3 is 25.6 Å². The summed E-state index contributed by atoms with van der Waals surface area (Å²) in [5.41, 5.74) is 2.88. The molecule has 3 N–H and O–H groups in total. The Labute approximate surface area is 198 Å². The summed E-state index contributed by atoms with van der Waals surface area (Å²) in [5, 5.41) is 8.56. The number of methoxy groups -OCH3 is 1. The Morgan fingerprint density at radius 1 is 0.853 bits per heavy atom. The van der Waals surface area contributed by atoms with E-state index in [0.717, 1.165) is 5.69 Å². The van der Waals surface area contributed by atoms with E-state index in [1.165, 1.54) is 0 Å². The number of carbonyl (C=O) groups excluding carboxylic acids is 3. The summed E-state index contributed by atoms with van der Waals surface area (Å²) in [6, 6.07) is 23.0. The van der Waals surface area contributed by atoms with Gasteiger partial charge in [-0.25, -0.2) is 0 Å². The van der Waals surface area contributed by atoms with Gasteiger partial charge in [-0.3, -0.25) is 14.4 Å². The van der Waals surface area contributed by atoms with Crippen LogP contribution in [0.15, 0.2) is 78.9 Å². The number of amides is 3. The third kappa shape index (κ3) is 6.91. The highest BCUT2D eigenvalue weighted by Crippen LogP contribution is 2.17. The second-order valence-corrected chi connectivity index (χ2v) is 7.51. The number of hydrogen-bond donors (Lipinski definition) is 3. The average molecular weight is 461 g/mol. The molecule has 0 aliphatic heterocycles. The lowest BCUT2D eigenvalue weighted by atomic mass is 10.1. The molecule has 0 unspecified atom stereocenters. The standard InChI is InChI=1S/C26H28N4O4/c1-30(23-12-4-3-5-13-23)26(33)20-9-7-11-22(17-20)29-24(31)18-28-21-10-6-8-19(16-21)25(32)27-14-15-34-2/h3-13,16-17,28H,14-15,18H2,1-2H3,(H,27,32)(H,29,31). The first-order chi connectivity index (χ1) is 16.5. The second kappa shape index (κ2) is 12.2. The zero-order chi connectivity index (χ0) is 24.3. The first kappa shape index (κ1) is 24.5. The van der Waals surface area contributed by atoms with Gasteiger partial charge in [0.2, 0.25) is 5.91 Å². The topological polar surface area (TPSA) is 99.8 Å². The predicted molar refractivity (Wildman–Crippen MR) is 133 cm³/mol. The highest BCUT2D eigenvalue weighted by atomic mass is 16.5. The third-order valence-corrected chi connectivity index (χ3v) is 5.01. The average Bonchev–Trinajstić information content (AvgIpc) is 2.87. The number of ether oxygens (including phenoxy) is 1. The van der Waals surface area contributed by atoms with Crippen LogP contribution in [0.4, 0.5) is 17.1 Å². The Morgan fingerprint density at radius 3 is 2.26 bits per heavy atom. The molecule has 0 radical (unpaired) electrons. The maximum atomic E-state index is 12.8. The van der Waals surface area contributed by atoms with Crippen molar-refractivity contribution in [3.8, 4) is 0 Å². The van der Waals surface area contributed by atoms with Crippen molar-refractivity contribution >= 4 is 34.8 Å². The third-order valence-electron chi connectivity index (χ3n) is 5.01. The Bertz CT molecular complexity index is 1130. The Balaban J connectivity index is 1.56. The fraction of sp³-hybridized carbons (Fsp3) is 0.192. The van der Waals surface area contributed by atoms with Crippen molar-refractivity contribution in [3.63, 3.8) is 0 Å². The number of nitrogens with zero attached hydrogens (tertiary/aromatic N) is 1. The molecule has 3 amide bonds. The van der Waals surface area contributed by atoms with Crippen LogP contribution in [0.1, 0.15) is 20.7 Å². The fourth-order valence-electron chi connectivity index (χ4n) is 3.22. The minimum absolute atomic E-state index is 0.00314. The van der Waals surface area contributed by atoms with Crippen LogP contribution in [-0.2, 0) is 9.53 Å². The van der Waals surface area contributed by atoms with Crippen LogP contribution in [0.5, 0.6) is 0 Å². The molecule has 0 aromatic heterocycles. The fourth-order valence-corrected chi connectivity index (χ4v) is 3.22. The summed E-state index contributed by atoms with van der Waals surface area (Å²) in [4.78, 5) is 39.0. The molecule has 8 heteroatoms. The van der Waals surface area contributed by atoms with Gasteiger partial charge in [0, 0.05) is 48.9 Å². The predicted octanol–water partition coefficient (Wildman–Crippen LogP) is 3.39. The molecule has 3 aromatic rings. The van der Waals surface area contributed by atoms with Crippen molar-refractivity contribution in [1.29, 1.82) is 0 Å². The quantitative estimate of drug-likeness (QED) is 0.403. The Hall–Kier alpha value is -4.17. The summed E-state index contributed by atoms with van der Waals surface area (Å²) < 4.78 is 4.93. The highest BCUT2D eigenvalue weighted by Gasteiger charge is 2.14. The van der Waals surface area contributed by atoms with Crippen LogP contribution in [0.25, 0.3) is 0 Å². The number of carbonyl (C=O) groups is 3. The molecule has 0 bridgehead atoms. The van der Waals surface area contributed by atoms with E-state index < -0.39 is 0 Å².